The monoisotopic (exact) mass is 366 g/mol. The average molecular weight is 366 g/mol. The smallest absolute Gasteiger partial charge is 0.326 e. The molecule has 140 valence electrons. The quantitative estimate of drug-likeness (QED) is 0.787. The van der Waals surface area contributed by atoms with Gasteiger partial charge in [0.25, 0.3) is 5.91 Å². The topological polar surface area (TPSA) is 86.7 Å². The van der Waals surface area contributed by atoms with Crippen LogP contribution < -0.4 is 5.32 Å². The van der Waals surface area contributed by atoms with Gasteiger partial charge in [-0.3, -0.25) is 9.59 Å². The van der Waals surface area contributed by atoms with E-state index in [0.29, 0.717) is 18.5 Å². The standard InChI is InChI=1S/C21H22N2O4/c24-19-7-4-12-23(19)14-16-8-10-17(11-9-16)20(25)22-18(21(26)27)13-15-5-2-1-3-6-15/h1-3,5-6,8-11,18H,4,7,12-14H2,(H,22,25)(H,26,27)/t18-/m1/s1. The molecule has 6 nitrogen and oxygen atoms in total. The Labute approximate surface area is 157 Å². The fourth-order valence-electron chi connectivity index (χ4n) is 3.14. The Hall–Kier alpha value is -3.15. The number of carbonyl (C=O) groups is 3. The van der Waals surface area contributed by atoms with Crippen molar-refractivity contribution in [3.63, 3.8) is 0 Å². The number of aliphatic carboxylic acids is 1. The molecule has 0 saturated carbocycles. The summed E-state index contributed by atoms with van der Waals surface area (Å²) in [6.45, 7) is 1.30. The Bertz CT molecular complexity index is 818. The van der Waals surface area contributed by atoms with E-state index in [2.05, 4.69) is 5.32 Å². The Morgan fingerprint density at radius 2 is 1.74 bits per heavy atom. The molecule has 0 unspecified atom stereocenters. The van der Waals surface area contributed by atoms with Crippen molar-refractivity contribution in [1.29, 1.82) is 0 Å². The molecule has 3 rings (SSSR count). The van der Waals surface area contributed by atoms with Crippen molar-refractivity contribution in [2.24, 2.45) is 0 Å². The zero-order valence-corrected chi connectivity index (χ0v) is 14.9. The predicted molar refractivity (Wildman–Crippen MR) is 100 cm³/mol. The highest BCUT2D eigenvalue weighted by molar-refractivity contribution is 5.96. The number of hydrogen-bond donors (Lipinski definition) is 2. The van der Waals surface area contributed by atoms with Crippen LogP contribution in [-0.2, 0) is 22.6 Å². The van der Waals surface area contributed by atoms with E-state index in [0.717, 1.165) is 24.1 Å². The van der Waals surface area contributed by atoms with E-state index in [4.69, 9.17) is 0 Å². The summed E-state index contributed by atoms with van der Waals surface area (Å²) in [6.07, 6.45) is 1.70. The van der Waals surface area contributed by atoms with E-state index < -0.39 is 17.9 Å². The van der Waals surface area contributed by atoms with Gasteiger partial charge in [-0.2, -0.15) is 0 Å². The molecule has 1 aliphatic heterocycles. The van der Waals surface area contributed by atoms with Crippen LogP contribution in [0.2, 0.25) is 0 Å². The summed E-state index contributed by atoms with van der Waals surface area (Å²) in [5.74, 6) is -1.35. The number of hydrogen-bond acceptors (Lipinski definition) is 3. The zero-order chi connectivity index (χ0) is 19.2. The number of carboxylic acids is 1. The molecule has 2 aromatic carbocycles. The molecule has 1 heterocycles. The molecule has 27 heavy (non-hydrogen) atoms. The van der Waals surface area contributed by atoms with Gasteiger partial charge in [0.05, 0.1) is 0 Å². The molecule has 1 aliphatic rings. The predicted octanol–water partition coefficient (Wildman–Crippen LogP) is 2.23. The Kier molecular flexibility index (Phi) is 5.86. The van der Waals surface area contributed by atoms with Crippen LogP contribution in [0.25, 0.3) is 0 Å². The van der Waals surface area contributed by atoms with E-state index in [1.165, 1.54) is 0 Å². The molecule has 2 amide bonds. The minimum absolute atomic E-state index is 0.155. The zero-order valence-electron chi connectivity index (χ0n) is 14.9. The Morgan fingerprint density at radius 1 is 1.04 bits per heavy atom. The fraction of sp³-hybridized carbons (Fsp3) is 0.286. The third-order valence-electron chi connectivity index (χ3n) is 4.65. The van der Waals surface area contributed by atoms with Gasteiger partial charge in [-0.1, -0.05) is 42.5 Å². The minimum atomic E-state index is -1.07. The molecule has 2 aromatic rings. The van der Waals surface area contributed by atoms with E-state index in [1.807, 2.05) is 30.3 Å². The largest absolute Gasteiger partial charge is 0.480 e. The Morgan fingerprint density at radius 3 is 2.33 bits per heavy atom. The van der Waals surface area contributed by atoms with Gasteiger partial charge in [0.15, 0.2) is 0 Å². The summed E-state index contributed by atoms with van der Waals surface area (Å²) >= 11 is 0. The molecule has 6 heteroatoms. The number of benzene rings is 2. The first-order chi connectivity index (χ1) is 13.0. The number of likely N-dealkylation sites (tertiary alicyclic amines) is 1. The second kappa shape index (κ2) is 8.49. The van der Waals surface area contributed by atoms with Crippen LogP contribution in [0.5, 0.6) is 0 Å². The molecule has 0 bridgehead atoms. The number of carboxylic acid groups (broad SMARTS) is 1. The van der Waals surface area contributed by atoms with Crippen LogP contribution in [0.1, 0.15) is 34.3 Å². The number of carbonyl (C=O) groups excluding carboxylic acids is 2. The molecule has 0 aliphatic carbocycles. The summed E-state index contributed by atoms with van der Waals surface area (Å²) in [6, 6.07) is 15.1. The molecule has 0 aromatic heterocycles. The maximum absolute atomic E-state index is 12.4. The van der Waals surface area contributed by atoms with Gasteiger partial charge >= 0.3 is 5.97 Å². The third-order valence-corrected chi connectivity index (χ3v) is 4.65. The second-order valence-corrected chi connectivity index (χ2v) is 6.67. The van der Waals surface area contributed by atoms with E-state index in [1.54, 1.807) is 29.2 Å². The highest BCUT2D eigenvalue weighted by Crippen LogP contribution is 2.15. The third kappa shape index (κ3) is 4.94. The summed E-state index contributed by atoms with van der Waals surface area (Å²) in [5.41, 5.74) is 2.18. The fourth-order valence-corrected chi connectivity index (χ4v) is 3.14. The van der Waals surface area contributed by atoms with E-state index in [9.17, 15) is 19.5 Å². The van der Waals surface area contributed by atoms with Crippen molar-refractivity contribution in [3.8, 4) is 0 Å². The van der Waals surface area contributed by atoms with Crippen molar-refractivity contribution in [2.45, 2.75) is 31.8 Å². The summed E-state index contributed by atoms with van der Waals surface area (Å²) < 4.78 is 0. The second-order valence-electron chi connectivity index (χ2n) is 6.67. The van der Waals surface area contributed by atoms with Gasteiger partial charge in [0.2, 0.25) is 5.91 Å². The van der Waals surface area contributed by atoms with Gasteiger partial charge < -0.3 is 15.3 Å². The lowest BCUT2D eigenvalue weighted by Gasteiger charge is -2.16. The molecule has 1 atom stereocenters. The van der Waals surface area contributed by atoms with Crippen molar-refractivity contribution >= 4 is 17.8 Å². The van der Waals surface area contributed by atoms with E-state index in [-0.39, 0.29) is 12.3 Å². The van der Waals surface area contributed by atoms with Crippen LogP contribution in [0.4, 0.5) is 0 Å². The molecular weight excluding hydrogens is 344 g/mol. The van der Waals surface area contributed by atoms with Crippen LogP contribution in [-0.4, -0.2) is 40.4 Å². The SMILES string of the molecule is O=C(N[C@H](Cc1ccccc1)C(=O)O)c1ccc(CN2CCCC2=O)cc1. The highest BCUT2D eigenvalue weighted by Gasteiger charge is 2.22. The van der Waals surface area contributed by atoms with Gasteiger partial charge in [-0.15, -0.1) is 0 Å². The van der Waals surface area contributed by atoms with Gasteiger partial charge in [0, 0.05) is 31.5 Å². The van der Waals surface area contributed by atoms with Crippen molar-refractivity contribution < 1.29 is 19.5 Å². The summed E-state index contributed by atoms with van der Waals surface area (Å²) in [4.78, 5) is 37.4. The first kappa shape index (κ1) is 18.6. The molecule has 1 saturated heterocycles. The van der Waals surface area contributed by atoms with Gasteiger partial charge in [-0.05, 0) is 29.7 Å². The number of rotatable bonds is 7. The van der Waals surface area contributed by atoms with Crippen molar-refractivity contribution in [2.75, 3.05) is 6.54 Å². The lowest BCUT2D eigenvalue weighted by Crippen LogP contribution is -2.42. The van der Waals surface area contributed by atoms with Crippen LogP contribution in [0.3, 0.4) is 0 Å². The number of nitrogens with zero attached hydrogens (tertiary/aromatic N) is 1. The van der Waals surface area contributed by atoms with Gasteiger partial charge in [0.1, 0.15) is 6.04 Å². The highest BCUT2D eigenvalue weighted by atomic mass is 16.4. The molecule has 0 spiro atoms. The van der Waals surface area contributed by atoms with Crippen LogP contribution >= 0.6 is 0 Å². The van der Waals surface area contributed by atoms with Crippen molar-refractivity contribution in [3.05, 3.63) is 71.3 Å². The maximum atomic E-state index is 12.4. The van der Waals surface area contributed by atoms with Crippen molar-refractivity contribution in [1.82, 2.24) is 10.2 Å². The first-order valence-corrected chi connectivity index (χ1v) is 8.97. The van der Waals surface area contributed by atoms with Gasteiger partial charge in [-0.25, -0.2) is 4.79 Å². The summed E-state index contributed by atoms with van der Waals surface area (Å²) in [5, 5.41) is 12.0. The molecule has 1 fully saturated rings. The normalized spacial score (nSPS) is 14.8. The average Bonchev–Trinajstić information content (AvgIpc) is 3.07. The van der Waals surface area contributed by atoms with Crippen LogP contribution in [0.15, 0.2) is 54.6 Å². The maximum Gasteiger partial charge on any atom is 0.326 e. The lowest BCUT2D eigenvalue weighted by molar-refractivity contribution is -0.139. The molecule has 0 radical (unpaired) electrons. The first-order valence-electron chi connectivity index (χ1n) is 8.97. The van der Waals surface area contributed by atoms with E-state index >= 15 is 0 Å². The van der Waals surface area contributed by atoms with Crippen LogP contribution in [0, 0.1) is 0 Å². The number of nitrogens with one attached hydrogen (secondary N) is 1. The Balaban J connectivity index is 1.62. The molecule has 2 N–H and O–H groups in total. The molecular formula is C21H22N2O4. The lowest BCUT2D eigenvalue weighted by atomic mass is 10.1. The summed E-state index contributed by atoms with van der Waals surface area (Å²) in [7, 11) is 0. The number of amides is 2. The minimum Gasteiger partial charge on any atom is -0.480 e.